The first-order chi connectivity index (χ1) is 8.32. The number of benzene rings is 1. The van der Waals surface area contributed by atoms with Crippen molar-refractivity contribution in [2.45, 2.75) is 12.3 Å². The van der Waals surface area contributed by atoms with E-state index in [9.17, 15) is 4.57 Å². The van der Waals surface area contributed by atoms with Crippen molar-refractivity contribution in [1.82, 2.24) is 0 Å². The topological polar surface area (TPSA) is 131 Å². The van der Waals surface area contributed by atoms with Crippen LogP contribution in [0.15, 0.2) is 24.3 Å². The van der Waals surface area contributed by atoms with Crippen molar-refractivity contribution in [3.05, 3.63) is 35.4 Å². The summed E-state index contributed by atoms with van der Waals surface area (Å²) in [5, 5.41) is 8.69. The molecule has 7 nitrogen and oxygen atoms in total. The summed E-state index contributed by atoms with van der Waals surface area (Å²) in [6.45, 7) is 0. The second-order valence-electron chi connectivity index (χ2n) is 3.42. The van der Waals surface area contributed by atoms with Crippen LogP contribution in [0.5, 0.6) is 0 Å². The van der Waals surface area contributed by atoms with Crippen LogP contribution < -0.4 is 0 Å². The summed E-state index contributed by atoms with van der Waals surface area (Å²) < 4.78 is 15.5. The maximum absolute atomic E-state index is 11.1. The van der Waals surface area contributed by atoms with Crippen LogP contribution in [0.4, 0.5) is 0 Å². The van der Waals surface area contributed by atoms with Crippen molar-refractivity contribution in [3.8, 4) is 6.07 Å². The molecule has 0 saturated heterocycles. The molecule has 0 aliphatic rings. The minimum atomic E-state index is -4.63. The molecule has 1 atom stereocenters. The first kappa shape index (κ1) is 15.2. The Labute approximate surface area is 104 Å². The number of hydrogen-bond acceptors (Lipinski definition) is 5. The standard InChI is InChI=1S/C9H11NO6P2/c10-6-8-3-1-2-7(4-8)5-9(16-17(11)12)18(13,14)15/h1-4,9,11-12H,5H2,(H2,13,14,15). The molecule has 9 heteroatoms. The Morgan fingerprint density at radius 1 is 1.44 bits per heavy atom. The van der Waals surface area contributed by atoms with E-state index in [1.165, 1.54) is 6.07 Å². The lowest BCUT2D eigenvalue weighted by Crippen LogP contribution is -2.14. The Morgan fingerprint density at radius 2 is 2.11 bits per heavy atom. The average molecular weight is 291 g/mol. The zero-order valence-corrected chi connectivity index (χ0v) is 10.8. The van der Waals surface area contributed by atoms with Crippen LogP contribution in [0.25, 0.3) is 0 Å². The van der Waals surface area contributed by atoms with Gasteiger partial charge in [0.05, 0.1) is 11.6 Å². The molecular weight excluding hydrogens is 280 g/mol. The first-order valence-electron chi connectivity index (χ1n) is 4.72. The molecular formula is C9H11NO6P2. The van der Waals surface area contributed by atoms with E-state index in [0.717, 1.165) is 0 Å². The summed E-state index contributed by atoms with van der Waals surface area (Å²) in [4.78, 5) is 35.4. The van der Waals surface area contributed by atoms with Gasteiger partial charge in [0.1, 0.15) is 0 Å². The van der Waals surface area contributed by atoms with Gasteiger partial charge >= 0.3 is 16.2 Å². The highest BCUT2D eigenvalue weighted by atomic mass is 31.2. The second-order valence-corrected chi connectivity index (χ2v) is 5.89. The molecule has 0 saturated carbocycles. The molecule has 0 heterocycles. The van der Waals surface area contributed by atoms with E-state index in [2.05, 4.69) is 4.52 Å². The quantitative estimate of drug-likeness (QED) is 0.591. The lowest BCUT2D eigenvalue weighted by molar-refractivity contribution is 0.193. The molecule has 98 valence electrons. The molecule has 1 aromatic carbocycles. The van der Waals surface area contributed by atoms with E-state index in [1.807, 2.05) is 6.07 Å². The van der Waals surface area contributed by atoms with Gasteiger partial charge in [-0.25, -0.2) is 0 Å². The fourth-order valence-electron chi connectivity index (χ4n) is 1.30. The molecule has 0 amide bonds. The zero-order chi connectivity index (χ0) is 13.8. The molecule has 1 aromatic rings. The summed E-state index contributed by atoms with van der Waals surface area (Å²) in [6, 6.07) is 8.00. The molecule has 0 fully saturated rings. The molecule has 1 rings (SSSR count). The van der Waals surface area contributed by atoms with Gasteiger partial charge in [0.25, 0.3) is 0 Å². The van der Waals surface area contributed by atoms with Gasteiger partial charge in [-0.2, -0.15) is 5.26 Å². The van der Waals surface area contributed by atoms with E-state index < -0.39 is 22.0 Å². The lowest BCUT2D eigenvalue weighted by Gasteiger charge is -2.19. The van der Waals surface area contributed by atoms with Gasteiger partial charge in [0, 0.05) is 6.42 Å². The Hall–Kier alpha value is -0.830. The zero-order valence-electron chi connectivity index (χ0n) is 9.04. The minimum absolute atomic E-state index is 0.222. The third kappa shape index (κ3) is 4.81. The van der Waals surface area contributed by atoms with Crippen LogP contribution in [0.2, 0.25) is 0 Å². The summed E-state index contributed by atoms with van der Waals surface area (Å²) in [6.07, 6.45) is -0.222. The molecule has 0 aliphatic carbocycles. The highest BCUT2D eigenvalue weighted by molar-refractivity contribution is 7.53. The van der Waals surface area contributed by atoms with E-state index in [4.69, 9.17) is 24.8 Å². The summed E-state index contributed by atoms with van der Waals surface area (Å²) >= 11 is 0. The SMILES string of the molecule is N#Cc1cccc(CC(OP(O)O)P(=O)(O)O)c1. The van der Waals surface area contributed by atoms with Gasteiger partial charge in [-0.3, -0.25) is 9.09 Å². The normalized spacial score (nSPS) is 13.3. The van der Waals surface area contributed by atoms with E-state index in [0.29, 0.717) is 11.1 Å². The van der Waals surface area contributed by atoms with Gasteiger partial charge in [-0.05, 0) is 17.7 Å². The first-order valence-corrected chi connectivity index (χ1v) is 7.56. The monoisotopic (exact) mass is 291 g/mol. The fourth-order valence-corrected chi connectivity index (χ4v) is 2.78. The molecule has 0 spiro atoms. The summed E-state index contributed by atoms with van der Waals surface area (Å²) in [5.41, 5.74) is 0.798. The van der Waals surface area contributed by atoms with Crippen molar-refractivity contribution >= 4 is 16.2 Å². The molecule has 4 N–H and O–H groups in total. The second kappa shape index (κ2) is 6.37. The Morgan fingerprint density at radius 3 is 2.61 bits per heavy atom. The Kier molecular flexibility index (Phi) is 5.39. The number of nitriles is 1. The largest absolute Gasteiger partial charge is 0.354 e. The maximum atomic E-state index is 11.1. The maximum Gasteiger partial charge on any atom is 0.354 e. The third-order valence-corrected chi connectivity index (χ3v) is 3.71. The average Bonchev–Trinajstić information content (AvgIpc) is 2.26. The predicted molar refractivity (Wildman–Crippen MR) is 63.1 cm³/mol. The van der Waals surface area contributed by atoms with E-state index >= 15 is 0 Å². The number of nitrogens with zero attached hydrogens (tertiary/aromatic N) is 1. The van der Waals surface area contributed by atoms with Gasteiger partial charge in [-0.15, -0.1) is 0 Å². The minimum Gasteiger partial charge on any atom is -0.328 e. The van der Waals surface area contributed by atoms with Crippen molar-refractivity contribution in [2.75, 3.05) is 0 Å². The highest BCUT2D eigenvalue weighted by Crippen LogP contribution is 2.48. The molecule has 1 unspecified atom stereocenters. The van der Waals surface area contributed by atoms with Crippen LogP contribution in [-0.4, -0.2) is 25.4 Å². The molecule has 0 radical (unpaired) electrons. The number of rotatable bonds is 5. The summed E-state index contributed by atoms with van der Waals surface area (Å²) in [7, 11) is -7.50. The van der Waals surface area contributed by atoms with E-state index in [1.54, 1.807) is 18.2 Å². The summed E-state index contributed by atoms with van der Waals surface area (Å²) in [5.74, 6) is -1.65. The van der Waals surface area contributed by atoms with E-state index in [-0.39, 0.29) is 6.42 Å². The fraction of sp³-hybridized carbons (Fsp3) is 0.222. The van der Waals surface area contributed by atoms with Crippen LogP contribution in [0, 0.1) is 11.3 Å². The van der Waals surface area contributed by atoms with Gasteiger partial charge in [0.15, 0.2) is 5.85 Å². The van der Waals surface area contributed by atoms with Gasteiger partial charge in [0.2, 0.25) is 0 Å². The predicted octanol–water partition coefficient (Wildman–Crippen LogP) is 0.833. The van der Waals surface area contributed by atoms with Crippen molar-refractivity contribution in [3.63, 3.8) is 0 Å². The number of hydrogen-bond donors (Lipinski definition) is 4. The van der Waals surface area contributed by atoms with Crippen molar-refractivity contribution in [1.29, 1.82) is 5.26 Å². The molecule has 0 aromatic heterocycles. The van der Waals surface area contributed by atoms with Crippen LogP contribution >= 0.6 is 16.2 Å². The molecule has 0 aliphatic heterocycles. The Bertz CT molecular complexity index is 494. The smallest absolute Gasteiger partial charge is 0.328 e. The molecule has 0 bridgehead atoms. The highest BCUT2D eigenvalue weighted by Gasteiger charge is 2.32. The van der Waals surface area contributed by atoms with Crippen LogP contribution in [0.1, 0.15) is 11.1 Å². The van der Waals surface area contributed by atoms with Crippen molar-refractivity contribution in [2.24, 2.45) is 0 Å². The van der Waals surface area contributed by atoms with Crippen molar-refractivity contribution < 1.29 is 28.7 Å². The van der Waals surface area contributed by atoms with Gasteiger partial charge < -0.3 is 19.6 Å². The third-order valence-electron chi connectivity index (χ3n) is 2.06. The molecule has 18 heavy (non-hydrogen) atoms. The van der Waals surface area contributed by atoms with Gasteiger partial charge in [-0.1, -0.05) is 12.1 Å². The van der Waals surface area contributed by atoms with Crippen LogP contribution in [0.3, 0.4) is 0 Å². The van der Waals surface area contributed by atoms with Crippen LogP contribution in [-0.2, 0) is 15.5 Å². The lowest BCUT2D eigenvalue weighted by atomic mass is 10.1. The Balaban J connectivity index is 2.89.